The van der Waals surface area contributed by atoms with Crippen molar-refractivity contribution in [2.75, 3.05) is 13.2 Å². The fourth-order valence-corrected chi connectivity index (χ4v) is 1.82. The van der Waals surface area contributed by atoms with Crippen LogP contribution in [0.4, 0.5) is 0 Å². The zero-order valence-electron chi connectivity index (χ0n) is 11.6. The van der Waals surface area contributed by atoms with Crippen LogP contribution in [0.25, 0.3) is 0 Å². The highest BCUT2D eigenvalue weighted by molar-refractivity contribution is 5.75. The molecule has 0 spiro atoms. The molecule has 0 aliphatic carbocycles. The number of esters is 1. The summed E-state index contributed by atoms with van der Waals surface area (Å²) in [6, 6.07) is -0.296. The topological polar surface area (TPSA) is 47.6 Å². The molecule has 0 saturated carbocycles. The van der Waals surface area contributed by atoms with E-state index >= 15 is 0 Å². The van der Waals surface area contributed by atoms with Crippen LogP contribution in [0.2, 0.25) is 0 Å². The van der Waals surface area contributed by atoms with Crippen LogP contribution in [0.5, 0.6) is 0 Å². The van der Waals surface area contributed by atoms with E-state index in [0.717, 1.165) is 19.4 Å². The third-order valence-electron chi connectivity index (χ3n) is 2.84. The van der Waals surface area contributed by atoms with Gasteiger partial charge < -0.3 is 14.8 Å². The smallest absolute Gasteiger partial charge is 0.323 e. The van der Waals surface area contributed by atoms with E-state index in [2.05, 4.69) is 12.2 Å². The summed E-state index contributed by atoms with van der Waals surface area (Å²) in [7, 11) is 0. The number of carbonyl (C=O) groups is 1. The Kier molecular flexibility index (Phi) is 4.55. The predicted molar refractivity (Wildman–Crippen MR) is 66.9 cm³/mol. The molecule has 0 aromatic rings. The van der Waals surface area contributed by atoms with Gasteiger partial charge in [0.2, 0.25) is 0 Å². The molecule has 2 atom stereocenters. The minimum absolute atomic E-state index is 0.129. The van der Waals surface area contributed by atoms with Gasteiger partial charge in [0.15, 0.2) is 0 Å². The SMILES string of the molecule is CC(NCC1(C)CCCO1)C(=O)OC(C)(C)C. The monoisotopic (exact) mass is 243 g/mol. The fraction of sp³-hybridized carbons (Fsp3) is 0.923. The summed E-state index contributed by atoms with van der Waals surface area (Å²) < 4.78 is 11.0. The Bertz CT molecular complexity index is 264. The van der Waals surface area contributed by atoms with Crippen LogP contribution in [0.15, 0.2) is 0 Å². The lowest BCUT2D eigenvalue weighted by Crippen LogP contribution is -2.46. The Morgan fingerprint density at radius 1 is 1.53 bits per heavy atom. The summed E-state index contributed by atoms with van der Waals surface area (Å²) in [4.78, 5) is 11.7. The summed E-state index contributed by atoms with van der Waals surface area (Å²) in [6.07, 6.45) is 2.14. The fourth-order valence-electron chi connectivity index (χ4n) is 1.82. The van der Waals surface area contributed by atoms with E-state index in [9.17, 15) is 4.79 Å². The average Bonchev–Trinajstić information content (AvgIpc) is 2.59. The van der Waals surface area contributed by atoms with E-state index in [0.29, 0.717) is 6.54 Å². The Morgan fingerprint density at radius 3 is 2.65 bits per heavy atom. The lowest BCUT2D eigenvalue weighted by atomic mass is 10.0. The molecule has 0 aromatic heterocycles. The third-order valence-corrected chi connectivity index (χ3v) is 2.84. The first-order valence-electron chi connectivity index (χ1n) is 6.32. The van der Waals surface area contributed by atoms with Crippen molar-refractivity contribution in [1.29, 1.82) is 0 Å². The Hall–Kier alpha value is -0.610. The maximum absolute atomic E-state index is 11.7. The van der Waals surface area contributed by atoms with Crippen molar-refractivity contribution in [3.63, 3.8) is 0 Å². The second-order valence-electron chi connectivity index (χ2n) is 6.04. The number of hydrogen-bond donors (Lipinski definition) is 1. The largest absolute Gasteiger partial charge is 0.459 e. The first-order chi connectivity index (χ1) is 7.72. The highest BCUT2D eigenvalue weighted by Gasteiger charge is 2.31. The van der Waals surface area contributed by atoms with Gasteiger partial charge in [-0.15, -0.1) is 0 Å². The molecule has 1 saturated heterocycles. The highest BCUT2D eigenvalue weighted by atomic mass is 16.6. The molecule has 4 nitrogen and oxygen atoms in total. The molecule has 1 aliphatic rings. The molecule has 1 N–H and O–H groups in total. The molecule has 4 heteroatoms. The molecular weight excluding hydrogens is 218 g/mol. The Labute approximate surface area is 104 Å². The molecule has 1 heterocycles. The van der Waals surface area contributed by atoms with Crippen LogP contribution in [0.3, 0.4) is 0 Å². The van der Waals surface area contributed by atoms with E-state index in [-0.39, 0.29) is 17.6 Å². The van der Waals surface area contributed by atoms with Crippen LogP contribution in [-0.4, -0.2) is 36.4 Å². The maximum atomic E-state index is 11.7. The van der Waals surface area contributed by atoms with Gasteiger partial charge in [-0.2, -0.15) is 0 Å². The summed E-state index contributed by atoms with van der Waals surface area (Å²) >= 11 is 0. The lowest BCUT2D eigenvalue weighted by Gasteiger charge is -2.27. The zero-order valence-corrected chi connectivity index (χ0v) is 11.6. The number of rotatable bonds is 4. The molecule has 0 aromatic carbocycles. The molecule has 100 valence electrons. The van der Waals surface area contributed by atoms with E-state index in [4.69, 9.17) is 9.47 Å². The van der Waals surface area contributed by atoms with Crippen molar-refractivity contribution >= 4 is 5.97 Å². The van der Waals surface area contributed by atoms with Gasteiger partial charge in [0.05, 0.1) is 5.60 Å². The minimum atomic E-state index is -0.430. The molecule has 0 bridgehead atoms. The summed E-state index contributed by atoms with van der Waals surface area (Å²) in [5.74, 6) is -0.209. The highest BCUT2D eigenvalue weighted by Crippen LogP contribution is 2.24. The van der Waals surface area contributed by atoms with Gasteiger partial charge in [-0.3, -0.25) is 4.79 Å². The normalized spacial score (nSPS) is 26.9. The molecule has 17 heavy (non-hydrogen) atoms. The number of hydrogen-bond acceptors (Lipinski definition) is 4. The van der Waals surface area contributed by atoms with E-state index in [1.807, 2.05) is 27.7 Å². The summed E-state index contributed by atoms with van der Waals surface area (Å²) in [5.41, 5.74) is -0.558. The first kappa shape index (κ1) is 14.5. The number of ether oxygens (including phenoxy) is 2. The standard InChI is InChI=1S/C13H25NO3/c1-10(11(15)17-12(2,3)4)14-9-13(5)7-6-8-16-13/h10,14H,6-9H2,1-5H3. The van der Waals surface area contributed by atoms with Gasteiger partial charge in [-0.1, -0.05) is 0 Å². The van der Waals surface area contributed by atoms with Crippen molar-refractivity contribution in [3.05, 3.63) is 0 Å². The van der Waals surface area contributed by atoms with E-state index < -0.39 is 5.60 Å². The van der Waals surface area contributed by atoms with E-state index in [1.165, 1.54) is 0 Å². The Balaban J connectivity index is 2.33. The minimum Gasteiger partial charge on any atom is -0.459 e. The summed E-state index contributed by atoms with van der Waals surface area (Å²) in [6.45, 7) is 11.0. The van der Waals surface area contributed by atoms with Gasteiger partial charge in [0, 0.05) is 13.2 Å². The van der Waals surface area contributed by atoms with Crippen molar-refractivity contribution < 1.29 is 14.3 Å². The van der Waals surface area contributed by atoms with Gasteiger partial charge in [0.25, 0.3) is 0 Å². The van der Waals surface area contributed by atoms with Crippen LogP contribution < -0.4 is 5.32 Å². The summed E-state index contributed by atoms with van der Waals surface area (Å²) in [5, 5.41) is 3.19. The second-order valence-corrected chi connectivity index (χ2v) is 6.04. The van der Waals surface area contributed by atoms with Crippen LogP contribution in [0, 0.1) is 0 Å². The average molecular weight is 243 g/mol. The molecule has 0 radical (unpaired) electrons. The second kappa shape index (κ2) is 5.36. The molecule has 1 aliphatic heterocycles. The van der Waals surface area contributed by atoms with Gasteiger partial charge in [-0.25, -0.2) is 0 Å². The van der Waals surface area contributed by atoms with Gasteiger partial charge >= 0.3 is 5.97 Å². The third kappa shape index (κ3) is 5.04. The molecule has 0 amide bonds. The number of nitrogens with one attached hydrogen (secondary N) is 1. The van der Waals surface area contributed by atoms with Crippen LogP contribution in [-0.2, 0) is 14.3 Å². The van der Waals surface area contributed by atoms with Gasteiger partial charge in [0.1, 0.15) is 11.6 Å². The predicted octanol–water partition coefficient (Wildman–Crippen LogP) is 1.88. The molecule has 1 fully saturated rings. The van der Waals surface area contributed by atoms with Crippen molar-refractivity contribution in [2.45, 2.75) is 64.7 Å². The van der Waals surface area contributed by atoms with Crippen molar-refractivity contribution in [2.24, 2.45) is 0 Å². The quantitative estimate of drug-likeness (QED) is 0.766. The Morgan fingerprint density at radius 2 is 2.18 bits per heavy atom. The molecule has 1 rings (SSSR count). The van der Waals surface area contributed by atoms with E-state index in [1.54, 1.807) is 0 Å². The van der Waals surface area contributed by atoms with Gasteiger partial charge in [-0.05, 0) is 47.5 Å². The zero-order chi connectivity index (χ0) is 13.1. The molecular formula is C13H25NO3. The maximum Gasteiger partial charge on any atom is 0.323 e. The van der Waals surface area contributed by atoms with Crippen LogP contribution in [0.1, 0.15) is 47.5 Å². The number of carbonyl (C=O) groups excluding carboxylic acids is 1. The first-order valence-corrected chi connectivity index (χ1v) is 6.32. The lowest BCUT2D eigenvalue weighted by molar-refractivity contribution is -0.157. The van der Waals surface area contributed by atoms with Crippen LogP contribution >= 0.6 is 0 Å². The van der Waals surface area contributed by atoms with Crippen molar-refractivity contribution in [1.82, 2.24) is 5.32 Å². The molecule has 2 unspecified atom stereocenters. The van der Waals surface area contributed by atoms with Crippen molar-refractivity contribution in [3.8, 4) is 0 Å².